The van der Waals surface area contributed by atoms with Gasteiger partial charge in [0.05, 0.1) is 0 Å². The maximum absolute atomic E-state index is 5.89. The molecule has 1 heterocycles. The Labute approximate surface area is 104 Å². The Bertz CT molecular complexity index is 348. The summed E-state index contributed by atoms with van der Waals surface area (Å²) in [5, 5.41) is 3.53. The molecule has 0 radical (unpaired) electrons. The Hall–Kier alpha value is -1.02. The fourth-order valence-corrected chi connectivity index (χ4v) is 2.06. The summed E-state index contributed by atoms with van der Waals surface area (Å²) in [6.07, 6.45) is 2.54. The van der Waals surface area contributed by atoms with Crippen LogP contribution < -0.4 is 10.1 Å². The molecule has 0 bridgehead atoms. The molecule has 1 N–H and O–H groups in total. The van der Waals surface area contributed by atoms with Crippen molar-refractivity contribution in [1.82, 2.24) is 5.32 Å². The lowest BCUT2D eigenvalue weighted by Gasteiger charge is -2.24. The van der Waals surface area contributed by atoms with E-state index in [1.807, 2.05) is 6.07 Å². The maximum Gasteiger partial charge on any atom is 0.123 e. The Balaban J connectivity index is 1.77. The molecule has 0 fully saturated rings. The lowest BCUT2D eigenvalue weighted by molar-refractivity contribution is 0.216. The van der Waals surface area contributed by atoms with Crippen molar-refractivity contribution in [2.24, 2.45) is 5.41 Å². The number of hydrogen-bond donors (Lipinski definition) is 1. The molecule has 94 valence electrons. The van der Waals surface area contributed by atoms with E-state index >= 15 is 0 Å². The van der Waals surface area contributed by atoms with Crippen LogP contribution in [0.2, 0.25) is 0 Å². The van der Waals surface area contributed by atoms with Crippen LogP contribution in [0.25, 0.3) is 0 Å². The highest BCUT2D eigenvalue weighted by molar-refractivity contribution is 5.37. The Morgan fingerprint density at radius 1 is 1.35 bits per heavy atom. The third-order valence-corrected chi connectivity index (χ3v) is 3.65. The number of hydrogen-bond acceptors (Lipinski definition) is 2. The molecule has 2 rings (SSSR count). The Kier molecular flexibility index (Phi) is 3.72. The molecular weight excluding hydrogens is 210 g/mol. The molecule has 17 heavy (non-hydrogen) atoms. The number of para-hydroxylation sites is 1. The van der Waals surface area contributed by atoms with Gasteiger partial charge in [-0.1, -0.05) is 39.0 Å². The van der Waals surface area contributed by atoms with E-state index in [1.165, 1.54) is 12.0 Å². The van der Waals surface area contributed by atoms with Crippen LogP contribution in [0, 0.1) is 5.41 Å². The fraction of sp³-hybridized carbons (Fsp3) is 0.600. The average molecular weight is 233 g/mol. The third kappa shape index (κ3) is 3.22. The van der Waals surface area contributed by atoms with Gasteiger partial charge < -0.3 is 10.1 Å². The van der Waals surface area contributed by atoms with E-state index in [0.29, 0.717) is 11.5 Å². The second-order valence-electron chi connectivity index (χ2n) is 5.70. The van der Waals surface area contributed by atoms with Gasteiger partial charge in [-0.3, -0.25) is 0 Å². The molecule has 0 spiro atoms. The van der Waals surface area contributed by atoms with Crippen molar-refractivity contribution in [2.45, 2.75) is 39.7 Å². The van der Waals surface area contributed by atoms with Crippen LogP contribution in [0.3, 0.4) is 0 Å². The molecule has 2 nitrogen and oxygen atoms in total. The van der Waals surface area contributed by atoms with E-state index in [9.17, 15) is 0 Å². The van der Waals surface area contributed by atoms with Crippen LogP contribution in [0.15, 0.2) is 24.3 Å². The number of ether oxygens (including phenoxy) is 1. The summed E-state index contributed by atoms with van der Waals surface area (Å²) >= 11 is 0. The molecule has 0 amide bonds. The van der Waals surface area contributed by atoms with E-state index in [0.717, 1.165) is 25.3 Å². The van der Waals surface area contributed by atoms with Gasteiger partial charge in [0.1, 0.15) is 11.9 Å². The monoisotopic (exact) mass is 233 g/mol. The van der Waals surface area contributed by atoms with Crippen molar-refractivity contribution in [1.29, 1.82) is 0 Å². The first-order valence-corrected chi connectivity index (χ1v) is 6.56. The van der Waals surface area contributed by atoms with Gasteiger partial charge in [0, 0.05) is 19.5 Å². The molecule has 1 unspecified atom stereocenters. The summed E-state index contributed by atoms with van der Waals surface area (Å²) in [7, 11) is 0. The number of nitrogens with one attached hydrogen (secondary N) is 1. The van der Waals surface area contributed by atoms with Crippen LogP contribution in [-0.4, -0.2) is 19.2 Å². The van der Waals surface area contributed by atoms with E-state index in [1.54, 1.807) is 0 Å². The number of benzene rings is 1. The van der Waals surface area contributed by atoms with E-state index < -0.39 is 0 Å². The molecular formula is C15H23NO. The lowest BCUT2D eigenvalue weighted by atomic mass is 9.90. The first kappa shape index (κ1) is 12.4. The van der Waals surface area contributed by atoms with Gasteiger partial charge in [0.25, 0.3) is 0 Å². The van der Waals surface area contributed by atoms with Crippen LogP contribution >= 0.6 is 0 Å². The molecule has 0 saturated carbocycles. The second kappa shape index (κ2) is 5.09. The van der Waals surface area contributed by atoms with Gasteiger partial charge in [-0.2, -0.15) is 0 Å². The maximum atomic E-state index is 5.89. The lowest BCUT2D eigenvalue weighted by Crippen LogP contribution is -2.36. The molecule has 2 heteroatoms. The number of rotatable bonds is 5. The van der Waals surface area contributed by atoms with Crippen molar-refractivity contribution >= 4 is 0 Å². The van der Waals surface area contributed by atoms with Gasteiger partial charge >= 0.3 is 0 Å². The number of fused-ring (bicyclic) bond motifs is 1. The highest BCUT2D eigenvalue weighted by atomic mass is 16.5. The summed E-state index contributed by atoms with van der Waals surface area (Å²) in [6.45, 7) is 8.83. The first-order valence-electron chi connectivity index (χ1n) is 6.56. The molecule has 1 aliphatic heterocycles. The van der Waals surface area contributed by atoms with E-state index in [-0.39, 0.29) is 0 Å². The minimum absolute atomic E-state index is 0.306. The SMILES string of the molecule is CCC(C)(C)CNCC1Cc2ccccc2O1. The Morgan fingerprint density at radius 2 is 2.12 bits per heavy atom. The van der Waals surface area contributed by atoms with Crippen LogP contribution in [-0.2, 0) is 6.42 Å². The standard InChI is InChI=1S/C15H23NO/c1-4-15(2,3)11-16-10-13-9-12-7-5-6-8-14(12)17-13/h5-8,13,16H,4,9-11H2,1-3H3. The van der Waals surface area contributed by atoms with Crippen molar-refractivity contribution in [2.75, 3.05) is 13.1 Å². The van der Waals surface area contributed by atoms with Crippen molar-refractivity contribution in [3.05, 3.63) is 29.8 Å². The van der Waals surface area contributed by atoms with Gasteiger partial charge in [0.15, 0.2) is 0 Å². The zero-order valence-electron chi connectivity index (χ0n) is 11.1. The summed E-state index contributed by atoms with van der Waals surface area (Å²) < 4.78 is 5.89. The highest BCUT2D eigenvalue weighted by Crippen LogP contribution is 2.27. The normalized spacial score (nSPS) is 18.9. The quantitative estimate of drug-likeness (QED) is 0.844. The summed E-state index contributed by atoms with van der Waals surface area (Å²) in [5.74, 6) is 1.06. The summed E-state index contributed by atoms with van der Waals surface area (Å²) in [6, 6.07) is 8.34. The molecule has 0 aliphatic carbocycles. The summed E-state index contributed by atoms with van der Waals surface area (Å²) in [4.78, 5) is 0. The van der Waals surface area contributed by atoms with Crippen LogP contribution in [0.4, 0.5) is 0 Å². The van der Waals surface area contributed by atoms with Gasteiger partial charge in [-0.25, -0.2) is 0 Å². The van der Waals surface area contributed by atoms with Gasteiger partial charge in [-0.15, -0.1) is 0 Å². The van der Waals surface area contributed by atoms with Crippen molar-refractivity contribution in [3.63, 3.8) is 0 Å². The second-order valence-corrected chi connectivity index (χ2v) is 5.70. The summed E-state index contributed by atoms with van der Waals surface area (Å²) in [5.41, 5.74) is 1.72. The van der Waals surface area contributed by atoms with E-state index in [2.05, 4.69) is 44.3 Å². The predicted molar refractivity (Wildman–Crippen MR) is 71.5 cm³/mol. The highest BCUT2D eigenvalue weighted by Gasteiger charge is 2.22. The van der Waals surface area contributed by atoms with Crippen LogP contribution in [0.1, 0.15) is 32.8 Å². The third-order valence-electron chi connectivity index (χ3n) is 3.65. The molecule has 1 aliphatic rings. The van der Waals surface area contributed by atoms with Gasteiger partial charge in [-0.05, 0) is 23.5 Å². The predicted octanol–water partition coefficient (Wildman–Crippen LogP) is 3.02. The molecule has 0 saturated heterocycles. The smallest absolute Gasteiger partial charge is 0.123 e. The first-order chi connectivity index (χ1) is 8.11. The van der Waals surface area contributed by atoms with Crippen molar-refractivity contribution < 1.29 is 4.74 Å². The minimum atomic E-state index is 0.306. The zero-order chi connectivity index (χ0) is 12.3. The Morgan fingerprint density at radius 3 is 2.82 bits per heavy atom. The van der Waals surface area contributed by atoms with E-state index in [4.69, 9.17) is 4.74 Å². The van der Waals surface area contributed by atoms with Crippen LogP contribution in [0.5, 0.6) is 5.75 Å². The average Bonchev–Trinajstić information content (AvgIpc) is 2.71. The minimum Gasteiger partial charge on any atom is -0.488 e. The largest absolute Gasteiger partial charge is 0.488 e. The molecule has 1 aromatic rings. The van der Waals surface area contributed by atoms with Crippen molar-refractivity contribution in [3.8, 4) is 5.75 Å². The molecule has 0 aromatic heterocycles. The fourth-order valence-electron chi connectivity index (χ4n) is 2.06. The topological polar surface area (TPSA) is 21.3 Å². The molecule has 1 aromatic carbocycles. The van der Waals surface area contributed by atoms with Gasteiger partial charge in [0.2, 0.25) is 0 Å². The zero-order valence-corrected chi connectivity index (χ0v) is 11.1. The molecule has 1 atom stereocenters.